The second-order valence-electron chi connectivity index (χ2n) is 12.5. The zero-order valence-electron chi connectivity index (χ0n) is 23.5. The van der Waals surface area contributed by atoms with Crippen LogP contribution in [0.5, 0.6) is 0 Å². The number of ether oxygens (including phenoxy) is 1. The summed E-state index contributed by atoms with van der Waals surface area (Å²) in [6, 6.07) is 6.10. The Labute approximate surface area is 237 Å². The first-order chi connectivity index (χ1) is 19.5. The van der Waals surface area contributed by atoms with Crippen LogP contribution in [0.4, 0.5) is 9.18 Å². The Kier molecular flexibility index (Phi) is 6.80. The molecule has 1 aromatic heterocycles. The van der Waals surface area contributed by atoms with Crippen molar-refractivity contribution >= 4 is 23.8 Å². The van der Waals surface area contributed by atoms with Gasteiger partial charge >= 0.3 is 6.09 Å². The molecule has 0 aliphatic carbocycles. The number of nitrogens with one attached hydrogen (secondary N) is 1. The lowest BCUT2D eigenvalue weighted by molar-refractivity contribution is -0.136. The van der Waals surface area contributed by atoms with Gasteiger partial charge in [-0.05, 0) is 62.8 Å². The highest BCUT2D eigenvalue weighted by Crippen LogP contribution is 2.35. The minimum atomic E-state index is -0.703. The predicted molar refractivity (Wildman–Crippen MR) is 146 cm³/mol. The van der Waals surface area contributed by atoms with E-state index in [0.717, 1.165) is 13.1 Å². The molecule has 0 radical (unpaired) electrons. The van der Waals surface area contributed by atoms with Gasteiger partial charge in [-0.1, -0.05) is 6.07 Å². The Hall–Kier alpha value is -3.86. The second kappa shape index (κ2) is 10.2. The van der Waals surface area contributed by atoms with E-state index < -0.39 is 23.4 Å². The third-order valence-corrected chi connectivity index (χ3v) is 8.37. The molecule has 2 aromatic rings. The molecule has 3 fully saturated rings. The van der Waals surface area contributed by atoms with E-state index in [1.807, 2.05) is 20.8 Å². The van der Waals surface area contributed by atoms with Gasteiger partial charge in [0.1, 0.15) is 17.3 Å². The molecule has 4 aliphatic heterocycles. The first-order valence-electron chi connectivity index (χ1n) is 14.1. The smallest absolute Gasteiger partial charge is 0.410 e. The van der Waals surface area contributed by atoms with E-state index in [9.17, 15) is 19.2 Å². The van der Waals surface area contributed by atoms with E-state index in [1.54, 1.807) is 35.4 Å². The van der Waals surface area contributed by atoms with Crippen LogP contribution in [0.25, 0.3) is 11.3 Å². The number of aromatic nitrogens is 1. The third kappa shape index (κ3) is 5.30. The first kappa shape index (κ1) is 27.3. The maximum absolute atomic E-state index is 15.8. The molecule has 11 heteroatoms. The molecule has 3 atom stereocenters. The van der Waals surface area contributed by atoms with E-state index in [4.69, 9.17) is 4.74 Å². The van der Waals surface area contributed by atoms with Gasteiger partial charge in [0.05, 0.1) is 0 Å². The number of hydrogen-bond acceptors (Lipinski definition) is 7. The van der Waals surface area contributed by atoms with Gasteiger partial charge in [-0.15, -0.1) is 0 Å². The number of carbonyl (C=O) groups excluding carboxylic acids is 4. The lowest BCUT2D eigenvalue weighted by Crippen LogP contribution is -2.52. The molecule has 3 saturated heterocycles. The van der Waals surface area contributed by atoms with Crippen molar-refractivity contribution in [2.75, 3.05) is 26.2 Å². The highest BCUT2D eigenvalue weighted by atomic mass is 19.1. The van der Waals surface area contributed by atoms with Crippen LogP contribution in [0, 0.1) is 17.7 Å². The summed E-state index contributed by atoms with van der Waals surface area (Å²) in [5.41, 5.74) is 1.96. The lowest BCUT2D eigenvalue weighted by Gasteiger charge is -2.29. The zero-order valence-corrected chi connectivity index (χ0v) is 23.5. The van der Waals surface area contributed by atoms with E-state index >= 15 is 4.39 Å². The van der Waals surface area contributed by atoms with Gasteiger partial charge in [0.2, 0.25) is 11.8 Å². The molecule has 0 bridgehead atoms. The van der Waals surface area contributed by atoms with Crippen LogP contribution < -0.4 is 5.32 Å². The lowest BCUT2D eigenvalue weighted by atomic mass is 10.0. The SMILES string of the molecule is CC(C)(C)OC(=O)N1C[C@@H]2CN(Cc3ccnc(-c4ccc5c(c4)CN([C@@H]4CCC(=O)NC4=O)C5=O)c3F)C[C@H]2C1. The van der Waals surface area contributed by atoms with Gasteiger partial charge in [-0.3, -0.25) is 29.6 Å². The maximum atomic E-state index is 15.8. The average molecular weight is 564 g/mol. The number of imide groups is 1. The van der Waals surface area contributed by atoms with E-state index in [2.05, 4.69) is 15.2 Å². The number of rotatable bonds is 4. The van der Waals surface area contributed by atoms with Gasteiger partial charge in [-0.2, -0.15) is 0 Å². The van der Waals surface area contributed by atoms with Gasteiger partial charge in [0, 0.05) is 68.6 Å². The summed E-state index contributed by atoms with van der Waals surface area (Å²) >= 11 is 0. The largest absolute Gasteiger partial charge is 0.444 e. The number of fused-ring (bicyclic) bond motifs is 2. The van der Waals surface area contributed by atoms with E-state index in [-0.39, 0.29) is 43.0 Å². The van der Waals surface area contributed by atoms with E-state index in [1.165, 1.54) is 4.90 Å². The number of amides is 4. The summed E-state index contributed by atoms with van der Waals surface area (Å²) < 4.78 is 21.3. The molecule has 5 heterocycles. The van der Waals surface area contributed by atoms with Gasteiger partial charge in [0.15, 0.2) is 5.82 Å². The molecule has 0 unspecified atom stereocenters. The van der Waals surface area contributed by atoms with Crippen LogP contribution in [0.3, 0.4) is 0 Å². The van der Waals surface area contributed by atoms with Crippen LogP contribution in [0.2, 0.25) is 0 Å². The molecule has 6 rings (SSSR count). The summed E-state index contributed by atoms with van der Waals surface area (Å²) in [4.78, 5) is 59.2. The second-order valence-corrected chi connectivity index (χ2v) is 12.5. The Bertz CT molecular complexity index is 1420. The van der Waals surface area contributed by atoms with Crippen molar-refractivity contribution < 1.29 is 28.3 Å². The Morgan fingerprint density at radius 2 is 1.83 bits per heavy atom. The molecule has 216 valence electrons. The summed E-state index contributed by atoms with van der Waals surface area (Å²) in [6.07, 6.45) is 1.79. The van der Waals surface area contributed by atoms with Crippen LogP contribution in [0.15, 0.2) is 30.5 Å². The minimum Gasteiger partial charge on any atom is -0.444 e. The highest BCUT2D eigenvalue weighted by molar-refractivity contribution is 6.05. The fraction of sp³-hybridized carbons (Fsp3) is 0.500. The summed E-state index contributed by atoms with van der Waals surface area (Å²) in [7, 11) is 0. The number of nitrogens with zero attached hydrogens (tertiary/aromatic N) is 4. The number of halogens is 1. The Balaban J connectivity index is 1.12. The molecule has 10 nitrogen and oxygen atoms in total. The fourth-order valence-electron chi connectivity index (χ4n) is 6.46. The maximum Gasteiger partial charge on any atom is 0.410 e. The van der Waals surface area contributed by atoms with Crippen molar-refractivity contribution in [1.82, 2.24) is 25.0 Å². The minimum absolute atomic E-state index is 0.185. The van der Waals surface area contributed by atoms with Gasteiger partial charge < -0.3 is 14.5 Å². The van der Waals surface area contributed by atoms with Gasteiger partial charge in [-0.25, -0.2) is 9.18 Å². The molecule has 1 N–H and O–H groups in total. The molecule has 0 spiro atoms. The molecular formula is C30H34FN5O5. The number of benzene rings is 1. The number of pyridine rings is 1. The standard InChI is InChI=1S/C30H34FN5O5/c1-30(2,3)41-29(40)35-14-20-12-34(13-21(20)15-35)11-18-8-9-32-26(25(18)31)17-4-5-22-19(10-17)16-36(28(22)39)23-6-7-24(37)33-27(23)38/h4-5,8-10,20-21,23H,6-7,11-16H2,1-3H3,(H,33,37,38)/t20-,21-,23+/m0/s1. The topological polar surface area (TPSA) is 112 Å². The van der Waals surface area contributed by atoms with E-state index in [0.29, 0.717) is 53.7 Å². The molecule has 41 heavy (non-hydrogen) atoms. The van der Waals surface area contributed by atoms with Crippen molar-refractivity contribution in [3.63, 3.8) is 0 Å². The zero-order chi connectivity index (χ0) is 29.1. The average Bonchev–Trinajstić information content (AvgIpc) is 3.56. The number of likely N-dealkylation sites (tertiary alicyclic amines) is 2. The quantitative estimate of drug-likeness (QED) is 0.570. The van der Waals surface area contributed by atoms with Crippen molar-refractivity contribution in [1.29, 1.82) is 0 Å². The molecular weight excluding hydrogens is 529 g/mol. The van der Waals surface area contributed by atoms with Crippen molar-refractivity contribution in [2.45, 2.75) is 58.3 Å². The predicted octanol–water partition coefficient (Wildman–Crippen LogP) is 2.95. The van der Waals surface area contributed by atoms with Crippen molar-refractivity contribution in [3.8, 4) is 11.3 Å². The normalized spacial score (nSPS) is 24.5. The number of hydrogen-bond donors (Lipinski definition) is 1. The Morgan fingerprint density at radius 1 is 1.10 bits per heavy atom. The molecule has 0 saturated carbocycles. The number of carbonyl (C=O) groups is 4. The molecule has 1 aromatic carbocycles. The van der Waals surface area contributed by atoms with Gasteiger partial charge in [0.25, 0.3) is 5.91 Å². The monoisotopic (exact) mass is 563 g/mol. The van der Waals surface area contributed by atoms with Crippen molar-refractivity contribution in [2.24, 2.45) is 11.8 Å². The van der Waals surface area contributed by atoms with Crippen LogP contribution >= 0.6 is 0 Å². The molecule has 4 aliphatic rings. The summed E-state index contributed by atoms with van der Waals surface area (Å²) in [5, 5.41) is 2.30. The van der Waals surface area contributed by atoms with Crippen LogP contribution in [0.1, 0.15) is 55.1 Å². The molecule has 4 amide bonds. The highest BCUT2D eigenvalue weighted by Gasteiger charge is 2.43. The fourth-order valence-corrected chi connectivity index (χ4v) is 6.46. The van der Waals surface area contributed by atoms with Crippen LogP contribution in [-0.4, -0.2) is 81.3 Å². The Morgan fingerprint density at radius 3 is 2.51 bits per heavy atom. The van der Waals surface area contributed by atoms with Crippen molar-refractivity contribution in [3.05, 3.63) is 53.0 Å². The summed E-state index contributed by atoms with van der Waals surface area (Å²) in [6.45, 7) is 9.07. The number of piperidine rings is 1. The summed E-state index contributed by atoms with van der Waals surface area (Å²) in [5.74, 6) is -0.813. The van der Waals surface area contributed by atoms with Crippen LogP contribution in [-0.2, 0) is 27.4 Å². The first-order valence-corrected chi connectivity index (χ1v) is 14.1. The third-order valence-electron chi connectivity index (χ3n) is 8.37.